The number of carbonyl (C=O) groups is 2. The monoisotopic (exact) mass is 546 g/mol. The number of hydrogen-bond donors (Lipinski definition) is 3. The van der Waals surface area contributed by atoms with E-state index in [-0.39, 0.29) is 12.3 Å². The van der Waals surface area contributed by atoms with Crippen molar-refractivity contribution in [2.75, 3.05) is 33.9 Å². The fraction of sp³-hybridized carbons (Fsp3) is 0.375. The van der Waals surface area contributed by atoms with Crippen LogP contribution >= 0.6 is 0 Å². The van der Waals surface area contributed by atoms with Gasteiger partial charge in [0.15, 0.2) is 0 Å². The van der Waals surface area contributed by atoms with Crippen molar-refractivity contribution in [2.45, 2.75) is 43.7 Å². The number of amides is 1. The maximum Gasteiger partial charge on any atom is 0.326 e. The molecule has 40 heavy (non-hydrogen) atoms. The van der Waals surface area contributed by atoms with Crippen LogP contribution in [0.15, 0.2) is 72.8 Å². The van der Waals surface area contributed by atoms with Crippen LogP contribution < -0.4 is 20.1 Å². The molecule has 1 amide bonds. The van der Waals surface area contributed by atoms with Gasteiger partial charge in [0.05, 0.1) is 19.8 Å². The van der Waals surface area contributed by atoms with Crippen molar-refractivity contribution in [1.29, 1.82) is 0 Å². The van der Waals surface area contributed by atoms with E-state index in [1.807, 2.05) is 60.7 Å². The first-order chi connectivity index (χ1) is 19.5. The largest absolute Gasteiger partial charge is 0.496 e. The van der Waals surface area contributed by atoms with E-state index in [2.05, 4.69) is 22.8 Å². The summed E-state index contributed by atoms with van der Waals surface area (Å²) in [5, 5.41) is 16.1. The zero-order valence-corrected chi connectivity index (χ0v) is 23.2. The molecule has 1 aliphatic heterocycles. The summed E-state index contributed by atoms with van der Waals surface area (Å²) in [5.41, 5.74) is 2.72. The second kappa shape index (κ2) is 14.0. The van der Waals surface area contributed by atoms with Gasteiger partial charge in [-0.1, -0.05) is 60.7 Å². The van der Waals surface area contributed by atoms with Gasteiger partial charge in [0, 0.05) is 13.0 Å². The third kappa shape index (κ3) is 7.20. The van der Waals surface area contributed by atoms with Gasteiger partial charge < -0.3 is 30.0 Å². The summed E-state index contributed by atoms with van der Waals surface area (Å²) in [4.78, 5) is 25.5. The fourth-order valence-corrected chi connectivity index (χ4v) is 5.15. The average molecular weight is 547 g/mol. The Kier molecular flexibility index (Phi) is 10.2. The maximum atomic E-state index is 13.4. The van der Waals surface area contributed by atoms with Crippen LogP contribution in [-0.4, -0.2) is 62.5 Å². The fourth-order valence-electron chi connectivity index (χ4n) is 5.15. The van der Waals surface area contributed by atoms with E-state index in [4.69, 9.17) is 14.2 Å². The number of ether oxygens (including phenoxy) is 3. The van der Waals surface area contributed by atoms with Crippen LogP contribution in [0.4, 0.5) is 0 Å². The number of aliphatic carboxylic acids is 1. The highest BCUT2D eigenvalue weighted by Gasteiger charge is 2.43. The molecule has 3 N–H and O–H groups in total. The van der Waals surface area contributed by atoms with Gasteiger partial charge in [0.1, 0.15) is 23.1 Å². The summed E-state index contributed by atoms with van der Waals surface area (Å²) in [6, 6.07) is 22.2. The molecule has 3 aromatic carbocycles. The van der Waals surface area contributed by atoms with E-state index in [9.17, 15) is 14.7 Å². The number of carbonyl (C=O) groups excluding carboxylic acids is 1. The Morgan fingerprint density at radius 3 is 2.23 bits per heavy atom. The Labute approximate surface area is 235 Å². The highest BCUT2D eigenvalue weighted by molar-refractivity contribution is 5.89. The van der Waals surface area contributed by atoms with Crippen LogP contribution in [0.1, 0.15) is 30.4 Å². The molecule has 1 unspecified atom stereocenters. The second-order valence-electron chi connectivity index (χ2n) is 9.98. The zero-order valence-electron chi connectivity index (χ0n) is 23.2. The van der Waals surface area contributed by atoms with Gasteiger partial charge in [-0.2, -0.15) is 0 Å². The third-order valence-electron chi connectivity index (χ3n) is 7.37. The summed E-state index contributed by atoms with van der Waals surface area (Å²) >= 11 is 0. The lowest BCUT2D eigenvalue weighted by Gasteiger charge is -2.29. The lowest BCUT2D eigenvalue weighted by atomic mass is 9.93. The molecule has 0 saturated carbocycles. The molecule has 0 aliphatic carbocycles. The molecule has 8 nitrogen and oxygen atoms in total. The van der Waals surface area contributed by atoms with Gasteiger partial charge in [-0.15, -0.1) is 0 Å². The minimum atomic E-state index is -1.09. The molecule has 1 heterocycles. The number of rotatable bonds is 14. The smallest absolute Gasteiger partial charge is 0.326 e. The van der Waals surface area contributed by atoms with Gasteiger partial charge in [0.2, 0.25) is 0 Å². The first-order valence-electron chi connectivity index (χ1n) is 13.7. The molecule has 3 aromatic rings. The van der Waals surface area contributed by atoms with Crippen LogP contribution in [0, 0.1) is 0 Å². The highest BCUT2D eigenvalue weighted by atomic mass is 16.5. The van der Waals surface area contributed by atoms with Crippen LogP contribution in [0.5, 0.6) is 11.5 Å². The Morgan fingerprint density at radius 1 is 0.925 bits per heavy atom. The van der Waals surface area contributed by atoms with Crippen molar-refractivity contribution >= 4 is 11.9 Å². The number of benzene rings is 3. The van der Waals surface area contributed by atoms with Gasteiger partial charge in [0.25, 0.3) is 5.91 Å². The number of carboxylic acids is 1. The van der Waals surface area contributed by atoms with E-state index in [0.29, 0.717) is 37.5 Å². The van der Waals surface area contributed by atoms with E-state index in [0.717, 1.165) is 36.1 Å². The van der Waals surface area contributed by atoms with E-state index < -0.39 is 17.6 Å². The number of hydrogen-bond acceptors (Lipinski definition) is 6. The van der Waals surface area contributed by atoms with Crippen molar-refractivity contribution in [2.24, 2.45) is 0 Å². The van der Waals surface area contributed by atoms with E-state index in [1.54, 1.807) is 14.2 Å². The highest BCUT2D eigenvalue weighted by Crippen LogP contribution is 2.38. The summed E-state index contributed by atoms with van der Waals surface area (Å²) in [7, 11) is 3.21. The molecule has 0 aromatic heterocycles. The first kappa shape index (κ1) is 29.1. The Balaban J connectivity index is 1.37. The van der Waals surface area contributed by atoms with Crippen molar-refractivity contribution in [3.8, 4) is 22.6 Å². The Morgan fingerprint density at radius 2 is 1.62 bits per heavy atom. The molecular formula is C32H38N2O6. The maximum absolute atomic E-state index is 13.4. The molecule has 0 spiro atoms. The molecule has 4 rings (SSSR count). The lowest BCUT2D eigenvalue weighted by molar-refractivity contribution is -0.148. The molecule has 1 saturated heterocycles. The number of carboxylic acid groups (broad SMARTS) is 1. The van der Waals surface area contributed by atoms with Crippen molar-refractivity contribution in [3.05, 3.63) is 83.9 Å². The van der Waals surface area contributed by atoms with Crippen LogP contribution in [0.2, 0.25) is 0 Å². The predicted octanol–water partition coefficient (Wildman–Crippen LogP) is 4.25. The molecule has 8 heteroatoms. The molecule has 2 atom stereocenters. The molecule has 212 valence electrons. The van der Waals surface area contributed by atoms with Crippen molar-refractivity contribution in [1.82, 2.24) is 10.6 Å². The predicted molar refractivity (Wildman–Crippen MR) is 154 cm³/mol. The quantitative estimate of drug-likeness (QED) is 0.260. The van der Waals surface area contributed by atoms with E-state index >= 15 is 0 Å². The van der Waals surface area contributed by atoms with Crippen molar-refractivity contribution < 1.29 is 28.9 Å². The Bertz CT molecular complexity index is 1230. The third-order valence-corrected chi connectivity index (χ3v) is 7.37. The molecule has 0 bridgehead atoms. The first-order valence-corrected chi connectivity index (χ1v) is 13.7. The minimum Gasteiger partial charge on any atom is -0.496 e. The number of nitrogens with one attached hydrogen (secondary N) is 2. The topological polar surface area (TPSA) is 106 Å². The average Bonchev–Trinajstić information content (AvgIpc) is 3.47. The molecule has 0 radical (unpaired) electrons. The SMILES string of the molecule is COc1cccc(OC)c1-c1ccc(C[C@H](NC(=O)C2(CCNCCc3ccccc3)CCCO2)C(=O)O)cc1. The minimum absolute atomic E-state index is 0.149. The summed E-state index contributed by atoms with van der Waals surface area (Å²) < 4.78 is 17.0. The molecule has 1 aliphatic rings. The van der Waals surface area contributed by atoms with Gasteiger partial charge in [-0.3, -0.25) is 4.79 Å². The number of methoxy groups -OCH3 is 2. The molecular weight excluding hydrogens is 508 g/mol. The van der Waals surface area contributed by atoms with Crippen LogP contribution in [0.3, 0.4) is 0 Å². The lowest BCUT2D eigenvalue weighted by Crippen LogP contribution is -2.53. The van der Waals surface area contributed by atoms with Crippen LogP contribution in [0.25, 0.3) is 11.1 Å². The summed E-state index contributed by atoms with van der Waals surface area (Å²) in [6.07, 6.45) is 2.86. The zero-order chi connectivity index (χ0) is 28.4. The normalized spacial score (nSPS) is 17.2. The molecule has 1 fully saturated rings. The van der Waals surface area contributed by atoms with Crippen molar-refractivity contribution in [3.63, 3.8) is 0 Å². The second-order valence-corrected chi connectivity index (χ2v) is 9.98. The Hall–Kier alpha value is -3.88. The summed E-state index contributed by atoms with van der Waals surface area (Å²) in [5.74, 6) is -0.0889. The van der Waals surface area contributed by atoms with Gasteiger partial charge >= 0.3 is 5.97 Å². The van der Waals surface area contributed by atoms with Gasteiger partial charge in [-0.05, 0) is 67.6 Å². The van der Waals surface area contributed by atoms with Gasteiger partial charge in [-0.25, -0.2) is 4.79 Å². The van der Waals surface area contributed by atoms with Crippen LogP contribution in [-0.2, 0) is 27.2 Å². The van der Waals surface area contributed by atoms with E-state index in [1.165, 1.54) is 5.56 Å². The summed E-state index contributed by atoms with van der Waals surface area (Å²) in [6.45, 7) is 1.88. The standard InChI is InChI=1S/C32H38N2O6/c1-38-27-10-6-11-28(39-2)29(27)25-14-12-24(13-15-25)22-26(30(35)36)34-31(37)32(17-7-21-40-32)18-20-33-19-16-23-8-4-3-5-9-23/h3-6,8-15,26,33H,7,16-22H2,1-2H3,(H,34,37)(H,35,36)/t26-,32?/m0/s1.